The van der Waals surface area contributed by atoms with Gasteiger partial charge >= 0.3 is 5.97 Å². The number of nitrogens with zero attached hydrogens (tertiary/aromatic N) is 2. The van der Waals surface area contributed by atoms with E-state index in [1.165, 1.54) is 0 Å². The van der Waals surface area contributed by atoms with Crippen molar-refractivity contribution in [1.82, 2.24) is 15.1 Å². The molecule has 0 aliphatic heterocycles. The van der Waals surface area contributed by atoms with E-state index in [9.17, 15) is 14.4 Å². The summed E-state index contributed by atoms with van der Waals surface area (Å²) in [4.78, 5) is 39.3. The van der Waals surface area contributed by atoms with Crippen LogP contribution in [-0.4, -0.2) is 40.1 Å². The van der Waals surface area contributed by atoms with E-state index in [-0.39, 0.29) is 11.6 Å². The van der Waals surface area contributed by atoms with Gasteiger partial charge in [-0.3, -0.25) is 9.59 Å². The maximum absolute atomic E-state index is 13.0. The number of carbonyl (C=O) groups excluding carboxylic acids is 2. The molecule has 0 unspecified atom stereocenters. The molecule has 7 heteroatoms. The highest BCUT2D eigenvalue weighted by atomic mass is 16.5. The molecule has 1 aromatic heterocycles. The van der Waals surface area contributed by atoms with Crippen LogP contribution in [0.3, 0.4) is 0 Å². The van der Waals surface area contributed by atoms with Gasteiger partial charge in [0.2, 0.25) is 0 Å². The van der Waals surface area contributed by atoms with Crippen molar-refractivity contribution in [1.29, 1.82) is 0 Å². The van der Waals surface area contributed by atoms with Crippen LogP contribution in [0.25, 0.3) is 10.8 Å². The number of aromatic amines is 1. The predicted octanol–water partition coefficient (Wildman–Crippen LogP) is 3.35. The Balaban J connectivity index is 1.46. The molecular weight excluding hydrogens is 418 g/mol. The Morgan fingerprint density at radius 2 is 1.42 bits per heavy atom. The van der Waals surface area contributed by atoms with Gasteiger partial charge in [0.25, 0.3) is 11.5 Å². The van der Waals surface area contributed by atoms with E-state index in [4.69, 9.17) is 4.74 Å². The first kappa shape index (κ1) is 22.0. The van der Waals surface area contributed by atoms with Gasteiger partial charge in [0, 0.05) is 18.5 Å². The second kappa shape index (κ2) is 10.4. The third-order valence-electron chi connectivity index (χ3n) is 5.30. The maximum Gasteiger partial charge on any atom is 0.359 e. The SMILES string of the molecule is O=C(OCC(=O)N(CCc1ccccc1)Cc1ccccc1)c1n[nH]c(=O)c2ccccc12. The van der Waals surface area contributed by atoms with Crippen LogP contribution in [0.4, 0.5) is 0 Å². The van der Waals surface area contributed by atoms with Crippen molar-refractivity contribution in [2.45, 2.75) is 13.0 Å². The van der Waals surface area contributed by atoms with Gasteiger partial charge in [-0.25, -0.2) is 9.89 Å². The normalized spacial score (nSPS) is 10.7. The lowest BCUT2D eigenvalue weighted by atomic mass is 10.1. The minimum absolute atomic E-state index is 0.0307. The third-order valence-corrected chi connectivity index (χ3v) is 5.30. The number of rotatable bonds is 8. The minimum atomic E-state index is -0.765. The van der Waals surface area contributed by atoms with Gasteiger partial charge in [0.1, 0.15) is 0 Å². The molecule has 3 aromatic carbocycles. The van der Waals surface area contributed by atoms with Crippen molar-refractivity contribution < 1.29 is 14.3 Å². The molecule has 166 valence electrons. The lowest BCUT2D eigenvalue weighted by Gasteiger charge is -2.23. The number of ether oxygens (including phenoxy) is 1. The van der Waals surface area contributed by atoms with Crippen LogP contribution in [0, 0.1) is 0 Å². The van der Waals surface area contributed by atoms with Crippen LogP contribution < -0.4 is 5.56 Å². The average molecular weight is 441 g/mol. The Morgan fingerprint density at radius 3 is 2.12 bits per heavy atom. The van der Waals surface area contributed by atoms with E-state index in [1.807, 2.05) is 60.7 Å². The molecule has 0 aliphatic carbocycles. The molecular formula is C26H23N3O4. The molecule has 33 heavy (non-hydrogen) atoms. The molecule has 1 heterocycles. The van der Waals surface area contributed by atoms with Crippen LogP contribution in [0.2, 0.25) is 0 Å². The molecule has 0 fully saturated rings. The average Bonchev–Trinajstić information content (AvgIpc) is 2.86. The summed E-state index contributed by atoms with van der Waals surface area (Å²) >= 11 is 0. The van der Waals surface area contributed by atoms with Gasteiger partial charge in [-0.1, -0.05) is 78.9 Å². The smallest absolute Gasteiger partial charge is 0.359 e. The lowest BCUT2D eigenvalue weighted by molar-refractivity contribution is -0.135. The number of benzene rings is 3. The molecule has 4 aromatic rings. The highest BCUT2D eigenvalue weighted by Crippen LogP contribution is 2.14. The number of fused-ring (bicyclic) bond motifs is 1. The molecule has 7 nitrogen and oxygen atoms in total. The van der Waals surface area contributed by atoms with Crippen molar-refractivity contribution in [3.8, 4) is 0 Å². The van der Waals surface area contributed by atoms with Gasteiger partial charge in [0.05, 0.1) is 5.39 Å². The minimum Gasteiger partial charge on any atom is -0.451 e. The molecule has 0 bridgehead atoms. The Bertz CT molecular complexity index is 1300. The fraction of sp³-hybridized carbons (Fsp3) is 0.154. The first-order chi connectivity index (χ1) is 16.1. The molecule has 0 radical (unpaired) electrons. The Kier molecular flexibility index (Phi) is 6.90. The van der Waals surface area contributed by atoms with E-state index < -0.39 is 18.1 Å². The van der Waals surface area contributed by atoms with Crippen molar-refractivity contribution >= 4 is 22.6 Å². The summed E-state index contributed by atoms with van der Waals surface area (Å²) in [6.07, 6.45) is 0.680. The van der Waals surface area contributed by atoms with E-state index in [0.717, 1.165) is 11.1 Å². The van der Waals surface area contributed by atoms with Gasteiger partial charge < -0.3 is 9.64 Å². The van der Waals surface area contributed by atoms with Crippen molar-refractivity contribution in [3.05, 3.63) is 112 Å². The second-order valence-electron chi connectivity index (χ2n) is 7.56. The van der Waals surface area contributed by atoms with Crippen LogP contribution in [0.15, 0.2) is 89.7 Å². The quantitative estimate of drug-likeness (QED) is 0.424. The van der Waals surface area contributed by atoms with Gasteiger partial charge in [-0.15, -0.1) is 0 Å². The number of hydrogen-bond donors (Lipinski definition) is 1. The highest BCUT2D eigenvalue weighted by Gasteiger charge is 2.20. The molecule has 0 atom stereocenters. The summed E-state index contributed by atoms with van der Waals surface area (Å²) in [6.45, 7) is 0.467. The number of hydrogen-bond acceptors (Lipinski definition) is 5. The van der Waals surface area contributed by atoms with Gasteiger partial charge in [0.15, 0.2) is 12.3 Å². The highest BCUT2D eigenvalue weighted by molar-refractivity contribution is 6.02. The van der Waals surface area contributed by atoms with Crippen molar-refractivity contribution in [2.75, 3.05) is 13.2 Å². The maximum atomic E-state index is 13.0. The van der Waals surface area contributed by atoms with E-state index in [0.29, 0.717) is 30.3 Å². The first-order valence-electron chi connectivity index (χ1n) is 10.6. The largest absolute Gasteiger partial charge is 0.451 e. The van der Waals surface area contributed by atoms with Gasteiger partial charge in [-0.2, -0.15) is 5.10 Å². The summed E-state index contributed by atoms with van der Waals surface area (Å²) in [6, 6.07) is 26.2. The number of carbonyl (C=O) groups is 2. The summed E-state index contributed by atoms with van der Waals surface area (Å²) in [5.41, 5.74) is 1.67. The van der Waals surface area contributed by atoms with Crippen molar-refractivity contribution in [3.63, 3.8) is 0 Å². The number of nitrogens with one attached hydrogen (secondary N) is 1. The standard InChI is InChI=1S/C26H23N3O4/c30-23(18-33-26(32)24-21-13-7-8-14-22(21)25(31)28-27-24)29(17-20-11-5-2-6-12-20)16-15-19-9-3-1-4-10-19/h1-14H,15-18H2,(H,28,31). The molecule has 0 saturated heterocycles. The Morgan fingerprint density at radius 1 is 0.818 bits per heavy atom. The monoisotopic (exact) mass is 441 g/mol. The predicted molar refractivity (Wildman–Crippen MR) is 125 cm³/mol. The van der Waals surface area contributed by atoms with Crippen LogP contribution in [0.1, 0.15) is 21.6 Å². The van der Waals surface area contributed by atoms with E-state index in [1.54, 1.807) is 29.2 Å². The number of amides is 1. The zero-order valence-electron chi connectivity index (χ0n) is 17.9. The second-order valence-corrected chi connectivity index (χ2v) is 7.56. The number of aromatic nitrogens is 2. The fourth-order valence-corrected chi connectivity index (χ4v) is 3.56. The molecule has 0 aliphatic rings. The summed E-state index contributed by atoms with van der Waals surface area (Å²) < 4.78 is 5.29. The summed E-state index contributed by atoms with van der Waals surface area (Å²) in [7, 11) is 0. The molecule has 1 N–H and O–H groups in total. The first-order valence-corrected chi connectivity index (χ1v) is 10.6. The zero-order valence-corrected chi connectivity index (χ0v) is 17.9. The van der Waals surface area contributed by atoms with Crippen LogP contribution in [-0.2, 0) is 22.5 Å². The van der Waals surface area contributed by atoms with Crippen LogP contribution in [0.5, 0.6) is 0 Å². The molecule has 0 spiro atoms. The zero-order chi connectivity index (χ0) is 23.0. The van der Waals surface area contributed by atoms with E-state index in [2.05, 4.69) is 10.2 Å². The van der Waals surface area contributed by atoms with Crippen molar-refractivity contribution in [2.24, 2.45) is 0 Å². The van der Waals surface area contributed by atoms with E-state index >= 15 is 0 Å². The summed E-state index contributed by atoms with van der Waals surface area (Å²) in [5, 5.41) is 6.85. The molecule has 1 amide bonds. The molecule has 4 rings (SSSR count). The lowest BCUT2D eigenvalue weighted by Crippen LogP contribution is -2.36. The third kappa shape index (κ3) is 5.51. The Labute approximate surface area is 190 Å². The Hall–Kier alpha value is -4.26. The van der Waals surface area contributed by atoms with Gasteiger partial charge in [-0.05, 0) is 23.6 Å². The van der Waals surface area contributed by atoms with Crippen LogP contribution >= 0.6 is 0 Å². The number of H-pyrrole nitrogens is 1. The summed E-state index contributed by atoms with van der Waals surface area (Å²) in [5.74, 6) is -1.07. The topological polar surface area (TPSA) is 92.4 Å². The fourth-order valence-electron chi connectivity index (χ4n) is 3.56. The number of esters is 1. The molecule has 0 saturated carbocycles.